The molecule has 1 heterocycles. The summed E-state index contributed by atoms with van der Waals surface area (Å²) in [7, 11) is 1.95. The van der Waals surface area contributed by atoms with Crippen LogP contribution in [0, 0.1) is 11.8 Å². The van der Waals surface area contributed by atoms with Gasteiger partial charge in [0.2, 0.25) is 0 Å². The maximum Gasteiger partial charge on any atom is 0.293 e. The van der Waals surface area contributed by atoms with E-state index in [1.165, 1.54) is 0 Å². The average molecular weight is 168 g/mol. The van der Waals surface area contributed by atoms with Gasteiger partial charge in [-0.05, 0) is 13.0 Å². The number of hydrogen-bond donors (Lipinski definition) is 1. The van der Waals surface area contributed by atoms with E-state index in [2.05, 4.69) is 11.8 Å². The van der Waals surface area contributed by atoms with Crippen LogP contribution in [0.3, 0.4) is 0 Å². The highest BCUT2D eigenvalue weighted by molar-refractivity contribution is 5.92. The first-order valence-electron chi connectivity index (χ1n) is 3.79. The van der Waals surface area contributed by atoms with Gasteiger partial charge in [0.25, 0.3) is 5.91 Å². The summed E-state index contributed by atoms with van der Waals surface area (Å²) >= 11 is 0. The van der Waals surface area contributed by atoms with E-state index < -0.39 is 5.91 Å². The Hall–Kier alpha value is -1.05. The van der Waals surface area contributed by atoms with Crippen molar-refractivity contribution >= 4 is 5.91 Å². The van der Waals surface area contributed by atoms with E-state index >= 15 is 0 Å². The molecular weight excluding hydrogens is 156 g/mol. The van der Waals surface area contributed by atoms with Crippen molar-refractivity contribution in [2.24, 2.45) is 5.73 Å². The summed E-state index contributed by atoms with van der Waals surface area (Å²) in [6.45, 7) is 2.13. The molecule has 1 amide bonds. The highest BCUT2D eigenvalue weighted by atomic mass is 16.5. The first-order chi connectivity index (χ1) is 5.70. The number of nitrogens with two attached hydrogens (primary N) is 1. The third-order valence-electron chi connectivity index (χ3n) is 1.76. The van der Waals surface area contributed by atoms with Crippen molar-refractivity contribution in [2.75, 3.05) is 26.8 Å². The van der Waals surface area contributed by atoms with Crippen molar-refractivity contribution < 1.29 is 9.53 Å². The van der Waals surface area contributed by atoms with Gasteiger partial charge in [-0.2, -0.15) is 0 Å². The van der Waals surface area contributed by atoms with E-state index in [-0.39, 0.29) is 6.04 Å². The summed E-state index contributed by atoms with van der Waals surface area (Å²) in [5.74, 6) is 4.47. The van der Waals surface area contributed by atoms with E-state index in [0.29, 0.717) is 6.61 Å². The van der Waals surface area contributed by atoms with Gasteiger partial charge in [-0.1, -0.05) is 5.92 Å². The minimum atomic E-state index is -0.589. The van der Waals surface area contributed by atoms with Gasteiger partial charge >= 0.3 is 0 Å². The van der Waals surface area contributed by atoms with Crippen LogP contribution in [0.1, 0.15) is 0 Å². The quantitative estimate of drug-likeness (QED) is 0.462. The number of likely N-dealkylation sites (N-methyl/N-ethyl adjacent to an activating group) is 1. The normalized spacial score (nSPS) is 24.2. The lowest BCUT2D eigenvalue weighted by atomic mass is 10.2. The molecule has 1 aliphatic heterocycles. The molecule has 1 unspecified atom stereocenters. The number of hydrogen-bond acceptors (Lipinski definition) is 3. The Kier molecular flexibility index (Phi) is 3.09. The van der Waals surface area contributed by atoms with Gasteiger partial charge in [-0.3, -0.25) is 9.69 Å². The Balaban J connectivity index is 2.51. The molecule has 1 atom stereocenters. The Labute approximate surface area is 71.7 Å². The number of morpholine rings is 1. The van der Waals surface area contributed by atoms with E-state index in [1.807, 2.05) is 11.9 Å². The van der Waals surface area contributed by atoms with Crippen LogP contribution >= 0.6 is 0 Å². The van der Waals surface area contributed by atoms with Crippen LogP contribution in [0.25, 0.3) is 0 Å². The van der Waals surface area contributed by atoms with E-state index in [4.69, 9.17) is 10.5 Å². The van der Waals surface area contributed by atoms with Crippen LogP contribution < -0.4 is 5.73 Å². The second-order valence-electron chi connectivity index (χ2n) is 2.70. The number of carbonyl (C=O) groups is 1. The number of rotatable bonds is 0. The predicted octanol–water partition coefficient (Wildman–Crippen LogP) is -1.19. The zero-order chi connectivity index (χ0) is 8.97. The summed E-state index contributed by atoms with van der Waals surface area (Å²) in [5, 5.41) is 0. The second kappa shape index (κ2) is 4.10. The third kappa shape index (κ3) is 2.53. The van der Waals surface area contributed by atoms with Crippen molar-refractivity contribution in [3.8, 4) is 11.8 Å². The van der Waals surface area contributed by atoms with Crippen LogP contribution in [0.5, 0.6) is 0 Å². The minimum Gasteiger partial charge on any atom is -0.377 e. The maximum absolute atomic E-state index is 10.3. The summed E-state index contributed by atoms with van der Waals surface area (Å²) in [6.07, 6.45) is 0. The van der Waals surface area contributed by atoms with E-state index in [9.17, 15) is 4.79 Å². The number of carbonyl (C=O) groups excluding carboxylic acids is 1. The van der Waals surface area contributed by atoms with Crippen LogP contribution in [-0.4, -0.2) is 43.7 Å². The molecule has 0 aromatic heterocycles. The molecule has 0 aromatic carbocycles. The molecule has 66 valence electrons. The van der Waals surface area contributed by atoms with E-state index in [0.717, 1.165) is 13.2 Å². The van der Waals surface area contributed by atoms with Gasteiger partial charge in [-0.15, -0.1) is 0 Å². The van der Waals surface area contributed by atoms with Crippen molar-refractivity contribution in [3.63, 3.8) is 0 Å². The first-order valence-corrected chi connectivity index (χ1v) is 3.79. The standard InChI is InChI=1S/C8H12N2O2/c1-10-4-5-12-6-7(10)2-3-8(9)11/h7H,4-6H2,1H3,(H2,9,11). The summed E-state index contributed by atoms with van der Waals surface area (Å²) in [5.41, 5.74) is 4.88. The average Bonchev–Trinajstić information content (AvgIpc) is 2.03. The largest absolute Gasteiger partial charge is 0.377 e. The molecule has 0 aromatic rings. The molecule has 0 saturated carbocycles. The predicted molar refractivity (Wildman–Crippen MR) is 44.2 cm³/mol. The van der Waals surface area contributed by atoms with Gasteiger partial charge in [0.15, 0.2) is 0 Å². The Morgan fingerprint density at radius 3 is 3.08 bits per heavy atom. The molecular formula is C8H12N2O2. The molecule has 0 bridgehead atoms. The minimum absolute atomic E-state index is 0.00579. The van der Waals surface area contributed by atoms with Gasteiger partial charge in [0.05, 0.1) is 19.3 Å². The second-order valence-corrected chi connectivity index (χ2v) is 2.70. The van der Waals surface area contributed by atoms with Crippen molar-refractivity contribution in [3.05, 3.63) is 0 Å². The number of amides is 1. The number of primary amides is 1. The van der Waals surface area contributed by atoms with Gasteiger partial charge in [-0.25, -0.2) is 0 Å². The topological polar surface area (TPSA) is 55.6 Å². The molecule has 4 nitrogen and oxygen atoms in total. The van der Waals surface area contributed by atoms with Gasteiger partial charge in [0.1, 0.15) is 0 Å². The lowest BCUT2D eigenvalue weighted by molar-refractivity contribution is -0.112. The third-order valence-corrected chi connectivity index (χ3v) is 1.76. The molecule has 0 spiro atoms. The summed E-state index contributed by atoms with van der Waals surface area (Å²) in [6, 6.07) is 0.00579. The highest BCUT2D eigenvalue weighted by Crippen LogP contribution is 2.01. The fourth-order valence-corrected chi connectivity index (χ4v) is 0.993. The molecule has 4 heteroatoms. The molecule has 1 fully saturated rings. The van der Waals surface area contributed by atoms with Crippen molar-refractivity contribution in [1.82, 2.24) is 4.90 Å². The fourth-order valence-electron chi connectivity index (χ4n) is 0.993. The van der Waals surface area contributed by atoms with Crippen molar-refractivity contribution in [2.45, 2.75) is 6.04 Å². The van der Waals surface area contributed by atoms with Crippen LogP contribution in [-0.2, 0) is 9.53 Å². The smallest absolute Gasteiger partial charge is 0.293 e. The van der Waals surface area contributed by atoms with Crippen LogP contribution in [0.4, 0.5) is 0 Å². The van der Waals surface area contributed by atoms with Gasteiger partial charge < -0.3 is 10.5 Å². The van der Waals surface area contributed by atoms with E-state index in [1.54, 1.807) is 0 Å². The number of ether oxygens (including phenoxy) is 1. The summed E-state index contributed by atoms with van der Waals surface area (Å²) in [4.78, 5) is 12.4. The zero-order valence-corrected chi connectivity index (χ0v) is 7.04. The Bertz CT molecular complexity index is 229. The summed E-state index contributed by atoms with van der Waals surface area (Å²) < 4.78 is 5.19. The monoisotopic (exact) mass is 168 g/mol. The molecule has 1 aliphatic rings. The molecule has 2 N–H and O–H groups in total. The Morgan fingerprint density at radius 1 is 1.75 bits per heavy atom. The first kappa shape index (κ1) is 9.04. The van der Waals surface area contributed by atoms with Crippen LogP contribution in [0.15, 0.2) is 0 Å². The molecule has 12 heavy (non-hydrogen) atoms. The maximum atomic E-state index is 10.3. The number of nitrogens with zero attached hydrogens (tertiary/aromatic N) is 1. The molecule has 1 rings (SSSR count). The van der Waals surface area contributed by atoms with Crippen LogP contribution in [0.2, 0.25) is 0 Å². The molecule has 0 radical (unpaired) electrons. The SMILES string of the molecule is CN1CCOCC1C#CC(N)=O. The lowest BCUT2D eigenvalue weighted by Gasteiger charge is -2.28. The van der Waals surface area contributed by atoms with Gasteiger partial charge in [0, 0.05) is 6.54 Å². The zero-order valence-electron chi connectivity index (χ0n) is 7.04. The molecule has 1 saturated heterocycles. The molecule has 0 aliphatic carbocycles. The Morgan fingerprint density at radius 2 is 2.50 bits per heavy atom. The highest BCUT2D eigenvalue weighted by Gasteiger charge is 2.16. The fraction of sp³-hybridized carbons (Fsp3) is 0.625. The van der Waals surface area contributed by atoms with Crippen molar-refractivity contribution in [1.29, 1.82) is 0 Å². The lowest BCUT2D eigenvalue weighted by Crippen LogP contribution is -2.41.